The standard InChI is InChI=1S/C10H19NO5S/c1-10(2,17(3,15)16)9(14)11-7-5-4-6-8(12)13/h4-7H2,1-3H3,(H,11,14)(H,12,13). The molecule has 0 unspecified atom stereocenters. The van der Waals surface area contributed by atoms with Crippen LogP contribution in [0.5, 0.6) is 0 Å². The van der Waals surface area contributed by atoms with Crippen molar-refractivity contribution < 1.29 is 23.1 Å². The Labute approximate surface area is 101 Å². The maximum Gasteiger partial charge on any atom is 0.303 e. The summed E-state index contributed by atoms with van der Waals surface area (Å²) in [5.41, 5.74) is 0. The zero-order chi connectivity index (χ0) is 13.7. The Hall–Kier alpha value is -1.11. The molecular formula is C10H19NO5S. The Bertz CT molecular complexity index is 386. The largest absolute Gasteiger partial charge is 0.481 e. The van der Waals surface area contributed by atoms with Crippen molar-refractivity contribution in [1.29, 1.82) is 0 Å². The molecule has 0 aromatic carbocycles. The summed E-state index contributed by atoms with van der Waals surface area (Å²) < 4.78 is 21.2. The zero-order valence-electron chi connectivity index (χ0n) is 10.3. The molecule has 0 aliphatic carbocycles. The lowest BCUT2D eigenvalue weighted by molar-refractivity contribution is -0.137. The predicted octanol–water partition coefficient (Wildman–Crippen LogP) is 0.181. The van der Waals surface area contributed by atoms with E-state index in [2.05, 4.69) is 5.32 Å². The molecule has 1 amide bonds. The highest BCUT2D eigenvalue weighted by atomic mass is 32.2. The number of hydrogen-bond acceptors (Lipinski definition) is 4. The van der Waals surface area contributed by atoms with Crippen LogP contribution in [-0.4, -0.2) is 42.9 Å². The van der Waals surface area contributed by atoms with Crippen molar-refractivity contribution in [2.75, 3.05) is 12.8 Å². The van der Waals surface area contributed by atoms with Crippen LogP contribution in [0.1, 0.15) is 33.1 Å². The molecule has 0 spiro atoms. The van der Waals surface area contributed by atoms with Crippen molar-refractivity contribution in [3.8, 4) is 0 Å². The lowest BCUT2D eigenvalue weighted by Crippen LogP contribution is -2.47. The molecule has 0 aliphatic rings. The van der Waals surface area contributed by atoms with Gasteiger partial charge in [0.1, 0.15) is 4.75 Å². The first kappa shape index (κ1) is 15.9. The van der Waals surface area contributed by atoms with Crippen LogP contribution in [0.15, 0.2) is 0 Å². The third-order valence-corrected chi connectivity index (χ3v) is 4.62. The molecule has 0 saturated carbocycles. The van der Waals surface area contributed by atoms with Gasteiger partial charge in [-0.05, 0) is 26.7 Å². The number of hydrogen-bond donors (Lipinski definition) is 2. The van der Waals surface area contributed by atoms with Crippen molar-refractivity contribution in [2.45, 2.75) is 37.9 Å². The maximum atomic E-state index is 11.6. The van der Waals surface area contributed by atoms with Crippen molar-refractivity contribution in [3.05, 3.63) is 0 Å². The van der Waals surface area contributed by atoms with Crippen LogP contribution in [0.4, 0.5) is 0 Å². The van der Waals surface area contributed by atoms with Gasteiger partial charge in [-0.1, -0.05) is 0 Å². The molecule has 0 aromatic heterocycles. The van der Waals surface area contributed by atoms with Gasteiger partial charge in [0, 0.05) is 19.2 Å². The van der Waals surface area contributed by atoms with Crippen molar-refractivity contribution in [3.63, 3.8) is 0 Å². The summed E-state index contributed by atoms with van der Waals surface area (Å²) in [7, 11) is -3.46. The van der Waals surface area contributed by atoms with Crippen molar-refractivity contribution in [2.24, 2.45) is 0 Å². The van der Waals surface area contributed by atoms with Gasteiger partial charge in [0.25, 0.3) is 0 Å². The SMILES string of the molecule is CC(C)(C(=O)NCCCCC(=O)O)S(C)(=O)=O. The second kappa shape index (κ2) is 6.00. The molecule has 0 aliphatic heterocycles. The van der Waals surface area contributed by atoms with E-state index in [0.717, 1.165) is 6.26 Å². The van der Waals surface area contributed by atoms with Crippen LogP contribution in [0.25, 0.3) is 0 Å². The van der Waals surface area contributed by atoms with Gasteiger partial charge < -0.3 is 10.4 Å². The predicted molar refractivity (Wildman–Crippen MR) is 63.4 cm³/mol. The molecule has 2 N–H and O–H groups in total. The lowest BCUT2D eigenvalue weighted by atomic mass is 10.2. The molecule has 6 nitrogen and oxygen atoms in total. The first-order chi connectivity index (χ1) is 7.59. The van der Waals surface area contributed by atoms with Gasteiger partial charge in [0.05, 0.1) is 0 Å². The minimum Gasteiger partial charge on any atom is -0.481 e. The average molecular weight is 265 g/mol. The fourth-order valence-corrected chi connectivity index (χ4v) is 1.39. The summed E-state index contributed by atoms with van der Waals surface area (Å²) in [6.07, 6.45) is 2.02. The Balaban J connectivity index is 4.08. The normalized spacial score (nSPS) is 12.2. The number of carbonyl (C=O) groups excluding carboxylic acids is 1. The van der Waals surface area contributed by atoms with Crippen LogP contribution in [0.3, 0.4) is 0 Å². The number of sulfone groups is 1. The number of carbonyl (C=O) groups is 2. The van der Waals surface area contributed by atoms with E-state index in [-0.39, 0.29) is 13.0 Å². The van der Waals surface area contributed by atoms with Crippen LogP contribution < -0.4 is 5.32 Å². The quantitative estimate of drug-likeness (QED) is 0.639. The summed E-state index contributed by atoms with van der Waals surface area (Å²) in [4.78, 5) is 21.8. The molecule has 0 aromatic rings. The number of nitrogens with one attached hydrogen (secondary N) is 1. The monoisotopic (exact) mass is 265 g/mol. The smallest absolute Gasteiger partial charge is 0.303 e. The van der Waals surface area contributed by atoms with E-state index in [9.17, 15) is 18.0 Å². The first-order valence-corrected chi connectivity index (χ1v) is 7.18. The Morgan fingerprint density at radius 3 is 2.18 bits per heavy atom. The van der Waals surface area contributed by atoms with Gasteiger partial charge in [-0.2, -0.15) is 0 Å². The van der Waals surface area contributed by atoms with E-state index >= 15 is 0 Å². The number of aliphatic carboxylic acids is 1. The Morgan fingerprint density at radius 2 is 1.76 bits per heavy atom. The van der Waals surface area contributed by atoms with E-state index in [1.807, 2.05) is 0 Å². The van der Waals surface area contributed by atoms with E-state index in [0.29, 0.717) is 12.8 Å². The van der Waals surface area contributed by atoms with Gasteiger partial charge >= 0.3 is 5.97 Å². The van der Waals surface area contributed by atoms with E-state index in [1.54, 1.807) is 0 Å². The van der Waals surface area contributed by atoms with Gasteiger partial charge in [0.15, 0.2) is 9.84 Å². The number of amides is 1. The van der Waals surface area contributed by atoms with Gasteiger partial charge in [-0.25, -0.2) is 8.42 Å². The second-order valence-electron chi connectivity index (χ2n) is 4.39. The summed E-state index contributed by atoms with van der Waals surface area (Å²) in [5, 5.41) is 10.9. The minimum atomic E-state index is -3.46. The molecule has 0 rings (SSSR count). The number of unbranched alkanes of at least 4 members (excludes halogenated alkanes) is 1. The Kier molecular flexibility index (Phi) is 5.60. The minimum absolute atomic E-state index is 0.0470. The topological polar surface area (TPSA) is 101 Å². The third-order valence-electron chi connectivity index (χ3n) is 2.58. The van der Waals surface area contributed by atoms with Gasteiger partial charge in [-0.15, -0.1) is 0 Å². The first-order valence-electron chi connectivity index (χ1n) is 5.28. The summed E-state index contributed by atoms with van der Waals surface area (Å²) in [5.74, 6) is -1.44. The Morgan fingerprint density at radius 1 is 1.24 bits per heavy atom. The molecule has 100 valence electrons. The number of carboxylic acid groups (broad SMARTS) is 1. The fraction of sp³-hybridized carbons (Fsp3) is 0.800. The molecule has 0 fully saturated rings. The van der Waals surface area contributed by atoms with Crippen LogP contribution in [0, 0.1) is 0 Å². The molecule has 0 heterocycles. The maximum absolute atomic E-state index is 11.6. The fourth-order valence-electron chi connectivity index (χ4n) is 0.984. The van der Waals surface area contributed by atoms with Gasteiger partial charge in [0.2, 0.25) is 5.91 Å². The third kappa shape index (κ3) is 5.16. The number of rotatable bonds is 7. The molecule has 17 heavy (non-hydrogen) atoms. The van der Waals surface area contributed by atoms with E-state index < -0.39 is 26.5 Å². The van der Waals surface area contributed by atoms with Gasteiger partial charge in [-0.3, -0.25) is 9.59 Å². The molecule has 0 bridgehead atoms. The highest BCUT2D eigenvalue weighted by Crippen LogP contribution is 2.14. The van der Waals surface area contributed by atoms with E-state index in [1.165, 1.54) is 13.8 Å². The van der Waals surface area contributed by atoms with E-state index in [4.69, 9.17) is 5.11 Å². The van der Waals surface area contributed by atoms with Crippen LogP contribution >= 0.6 is 0 Å². The summed E-state index contributed by atoms with van der Waals surface area (Å²) >= 11 is 0. The molecule has 7 heteroatoms. The van der Waals surface area contributed by atoms with Crippen LogP contribution in [-0.2, 0) is 19.4 Å². The highest BCUT2D eigenvalue weighted by Gasteiger charge is 2.37. The number of carboxylic acids is 1. The highest BCUT2D eigenvalue weighted by molar-refractivity contribution is 7.92. The molecule has 0 atom stereocenters. The van der Waals surface area contributed by atoms with Crippen molar-refractivity contribution in [1.82, 2.24) is 5.32 Å². The lowest BCUT2D eigenvalue weighted by Gasteiger charge is -2.21. The summed E-state index contributed by atoms with van der Waals surface area (Å²) in [6, 6.07) is 0. The molecule has 0 radical (unpaired) electrons. The summed E-state index contributed by atoms with van der Waals surface area (Å²) in [6.45, 7) is 2.97. The zero-order valence-corrected chi connectivity index (χ0v) is 11.1. The molecular weight excluding hydrogens is 246 g/mol. The molecule has 0 saturated heterocycles. The van der Waals surface area contributed by atoms with Crippen molar-refractivity contribution >= 4 is 21.7 Å². The van der Waals surface area contributed by atoms with Crippen LogP contribution in [0.2, 0.25) is 0 Å². The average Bonchev–Trinajstić information content (AvgIpc) is 2.14. The second-order valence-corrected chi connectivity index (χ2v) is 6.95.